The molecule has 2 aliphatic carbocycles. The Bertz CT molecular complexity index is 2240. The monoisotopic (exact) mass is 462 g/mol. The fraction of sp³-hybridized carbons (Fsp3) is 0. The standard InChI is InChI=1S/C32H14O4/c33-29-21-11-17-19(13-23(21)31(29)35)28-26(16-9-5-2-6-10-16)18-12-22-24(32(36)30(22)34)14-20(18)27(28)25(17)15-7-3-1-4-8-15/h1-14H. The maximum atomic E-state index is 12.4. The third kappa shape index (κ3) is 2.15. The molecule has 6 aromatic rings. The molecule has 0 N–H and O–H groups in total. The van der Waals surface area contributed by atoms with Crippen molar-refractivity contribution in [3.8, 4) is 0 Å². The Kier molecular flexibility index (Phi) is 3.43. The lowest BCUT2D eigenvalue weighted by Gasteiger charge is -2.11. The first-order valence-electron chi connectivity index (χ1n) is 11.7. The minimum Gasteiger partial charge on any atom is -0.285 e. The lowest BCUT2D eigenvalue weighted by atomic mass is 9.92. The summed E-state index contributed by atoms with van der Waals surface area (Å²) in [6.45, 7) is 0. The summed E-state index contributed by atoms with van der Waals surface area (Å²) in [5, 5.41) is 5.36. The molecule has 0 saturated heterocycles. The molecule has 0 atom stereocenters. The lowest BCUT2D eigenvalue weighted by molar-refractivity contribution is 1.45. The fourth-order valence-electron chi connectivity index (χ4n) is 6.01. The molecule has 6 aromatic carbocycles. The van der Waals surface area contributed by atoms with E-state index in [4.69, 9.17) is 0 Å². The summed E-state index contributed by atoms with van der Waals surface area (Å²) in [5.74, 6) is 0. The third-order valence-corrected chi connectivity index (χ3v) is 7.66. The molecule has 0 amide bonds. The van der Waals surface area contributed by atoms with Crippen LogP contribution in [0.3, 0.4) is 0 Å². The Hall–Kier alpha value is -4.96. The van der Waals surface area contributed by atoms with Gasteiger partial charge in [0, 0.05) is 21.5 Å². The van der Waals surface area contributed by atoms with E-state index in [-0.39, 0.29) is 0 Å². The van der Waals surface area contributed by atoms with Gasteiger partial charge in [-0.25, -0.2) is 0 Å². The fourth-order valence-corrected chi connectivity index (χ4v) is 6.01. The van der Waals surface area contributed by atoms with Gasteiger partial charge in [0.25, 0.3) is 0 Å². The van der Waals surface area contributed by atoms with E-state index in [1.807, 2.05) is 84.9 Å². The number of benzene rings is 4. The van der Waals surface area contributed by atoms with Crippen LogP contribution in [0.15, 0.2) is 104 Å². The predicted octanol–water partition coefficient (Wildman–Crippen LogP) is 0.612. The number of hydrogen-bond acceptors (Lipinski definition) is 4. The zero-order chi connectivity index (χ0) is 24.3. The second-order valence-corrected chi connectivity index (χ2v) is 9.44. The molecule has 0 aliphatic heterocycles. The van der Waals surface area contributed by atoms with E-state index in [2.05, 4.69) is 0 Å². The Labute approximate surface area is 201 Å². The molecule has 2 aliphatic rings. The molecule has 0 bridgehead atoms. The highest BCUT2D eigenvalue weighted by Gasteiger charge is 2.32. The molecule has 0 spiro atoms. The quantitative estimate of drug-likeness (QED) is 0.354. The molecular formula is C32H14O4. The van der Waals surface area contributed by atoms with Gasteiger partial charge in [0.1, 0.15) is 0 Å². The summed E-state index contributed by atoms with van der Waals surface area (Å²) in [6, 6.07) is 27.2. The topological polar surface area (TPSA) is 68.3 Å². The van der Waals surface area contributed by atoms with Crippen molar-refractivity contribution in [1.29, 1.82) is 0 Å². The second-order valence-electron chi connectivity index (χ2n) is 9.44. The molecule has 0 heterocycles. The van der Waals surface area contributed by atoms with Gasteiger partial charge in [-0.2, -0.15) is 0 Å². The minimum absolute atomic E-state index is 0.444. The molecule has 8 rings (SSSR count). The van der Waals surface area contributed by atoms with Gasteiger partial charge in [-0.05, 0) is 78.6 Å². The van der Waals surface area contributed by atoms with Crippen LogP contribution < -0.4 is 42.6 Å². The predicted molar refractivity (Wildman–Crippen MR) is 141 cm³/mol. The molecule has 166 valence electrons. The van der Waals surface area contributed by atoms with Crippen LogP contribution in [0.25, 0.3) is 43.8 Å². The highest BCUT2D eigenvalue weighted by atomic mass is 16.2. The number of hydrogen-bond donors (Lipinski definition) is 0. The average molecular weight is 462 g/mol. The van der Waals surface area contributed by atoms with Crippen LogP contribution in [0.4, 0.5) is 0 Å². The van der Waals surface area contributed by atoms with Gasteiger partial charge >= 0.3 is 0 Å². The van der Waals surface area contributed by atoms with Crippen molar-refractivity contribution in [3.05, 3.63) is 158 Å². The minimum atomic E-state index is -0.460. The first-order chi connectivity index (χ1) is 17.5. The van der Waals surface area contributed by atoms with Crippen molar-refractivity contribution in [1.82, 2.24) is 0 Å². The summed E-state index contributed by atoms with van der Waals surface area (Å²) >= 11 is 0. The van der Waals surface area contributed by atoms with Gasteiger partial charge < -0.3 is 0 Å². The van der Waals surface area contributed by atoms with Gasteiger partial charge in [0.15, 0.2) is 0 Å². The molecule has 0 fully saturated rings. The maximum absolute atomic E-state index is 12.4. The van der Waals surface area contributed by atoms with Gasteiger partial charge in [-0.1, -0.05) is 60.7 Å². The van der Waals surface area contributed by atoms with E-state index in [0.29, 0.717) is 21.5 Å². The summed E-state index contributed by atoms with van der Waals surface area (Å²) in [4.78, 5) is 49.4. The van der Waals surface area contributed by atoms with Gasteiger partial charge in [-0.3, -0.25) is 19.2 Å². The summed E-state index contributed by atoms with van der Waals surface area (Å²) < 4.78 is 0. The van der Waals surface area contributed by atoms with Crippen LogP contribution in [0.1, 0.15) is 11.1 Å². The van der Waals surface area contributed by atoms with Gasteiger partial charge in [0.2, 0.25) is 21.7 Å². The van der Waals surface area contributed by atoms with E-state index in [1.54, 1.807) is 0 Å². The van der Waals surface area contributed by atoms with Crippen molar-refractivity contribution in [2.45, 2.75) is 0 Å². The Morgan fingerprint density at radius 2 is 0.611 bits per heavy atom. The van der Waals surface area contributed by atoms with Gasteiger partial charge in [-0.15, -0.1) is 0 Å². The summed E-state index contributed by atoms with van der Waals surface area (Å²) in [7, 11) is 0. The van der Waals surface area contributed by atoms with Crippen LogP contribution >= 0.6 is 0 Å². The molecule has 0 radical (unpaired) electrons. The van der Waals surface area contributed by atoms with Crippen molar-refractivity contribution in [2.24, 2.45) is 0 Å². The third-order valence-electron chi connectivity index (χ3n) is 7.66. The van der Waals surface area contributed by atoms with Crippen LogP contribution in [-0.2, 0) is 0 Å². The van der Waals surface area contributed by atoms with Crippen LogP contribution in [-0.4, -0.2) is 0 Å². The highest BCUT2D eigenvalue weighted by molar-refractivity contribution is 6.31. The second kappa shape index (κ2) is 6.37. The van der Waals surface area contributed by atoms with E-state index < -0.39 is 21.7 Å². The Morgan fingerprint density at radius 1 is 0.333 bits per heavy atom. The smallest absolute Gasteiger partial charge is 0.234 e. The normalized spacial score (nSPS) is 14.3. The zero-order valence-electron chi connectivity index (χ0n) is 18.7. The van der Waals surface area contributed by atoms with Crippen molar-refractivity contribution in [2.75, 3.05) is 0 Å². The molecule has 0 saturated carbocycles. The number of rotatable bonds is 2. The van der Waals surface area contributed by atoms with Crippen molar-refractivity contribution >= 4 is 43.8 Å². The summed E-state index contributed by atoms with van der Waals surface area (Å²) in [5.41, 5.74) is 3.98. The van der Waals surface area contributed by atoms with Crippen LogP contribution in [0.2, 0.25) is 0 Å². The first kappa shape index (κ1) is 19.4. The molecular weight excluding hydrogens is 448 g/mol. The Balaban J connectivity index is 1.68. The largest absolute Gasteiger partial charge is 0.285 e. The molecule has 4 heteroatoms. The highest BCUT2D eigenvalue weighted by Crippen LogP contribution is 2.39. The van der Waals surface area contributed by atoms with Crippen molar-refractivity contribution in [3.63, 3.8) is 0 Å². The van der Waals surface area contributed by atoms with Crippen LogP contribution in [0.5, 0.6) is 0 Å². The maximum Gasteiger partial charge on any atom is 0.234 e. The van der Waals surface area contributed by atoms with E-state index in [9.17, 15) is 19.2 Å². The molecule has 0 aromatic heterocycles. The first-order valence-corrected chi connectivity index (χ1v) is 11.7. The van der Waals surface area contributed by atoms with Crippen LogP contribution in [0, 0.1) is 0 Å². The molecule has 4 nitrogen and oxygen atoms in total. The van der Waals surface area contributed by atoms with E-state index in [0.717, 1.165) is 54.3 Å². The van der Waals surface area contributed by atoms with E-state index in [1.165, 1.54) is 0 Å². The average Bonchev–Trinajstić information content (AvgIpc) is 3.43. The molecule has 0 unspecified atom stereocenters. The SMILES string of the molecule is O=c1c(=O)c2cc3c(cc12)=C1C(=c2cc4c(=O)c(=O)c4cc2=C1c1ccccc1)C=3c1ccccc1. The Morgan fingerprint density at radius 3 is 0.917 bits per heavy atom. The van der Waals surface area contributed by atoms with Crippen molar-refractivity contribution < 1.29 is 0 Å². The summed E-state index contributed by atoms with van der Waals surface area (Å²) in [6.07, 6.45) is 0. The molecule has 36 heavy (non-hydrogen) atoms. The number of fused-ring (bicyclic) bond motifs is 5. The van der Waals surface area contributed by atoms with E-state index >= 15 is 0 Å². The van der Waals surface area contributed by atoms with Gasteiger partial charge in [0.05, 0.1) is 0 Å². The lowest BCUT2D eigenvalue weighted by Crippen LogP contribution is -2.37. The zero-order valence-corrected chi connectivity index (χ0v) is 18.7.